The summed E-state index contributed by atoms with van der Waals surface area (Å²) in [7, 11) is 0. The lowest BCUT2D eigenvalue weighted by Crippen LogP contribution is -2.24. The molecule has 0 radical (unpaired) electrons. The molecule has 73 heavy (non-hydrogen) atoms. The largest absolute Gasteiger partial charge is 0.326 e. The Morgan fingerprint density at radius 3 is 1.36 bits per heavy atom. The smallest absolute Gasteiger partial charge is 0.185 e. The first-order chi connectivity index (χ1) is 35.0. The molecule has 376 valence electrons. The molecular weight excluding hydrogens is 969 g/mol. The van der Waals surface area contributed by atoms with E-state index in [1.54, 1.807) is 9.36 Å². The molecule has 0 aliphatic heterocycles. The second-order valence-corrected chi connectivity index (χ2v) is 20.3. The van der Waals surface area contributed by atoms with E-state index in [9.17, 15) is 9.59 Å². The van der Waals surface area contributed by atoms with Crippen molar-refractivity contribution in [2.45, 2.75) is 84.3 Å². The van der Waals surface area contributed by atoms with Crippen LogP contribution in [0.4, 0.5) is 0 Å². The van der Waals surface area contributed by atoms with Gasteiger partial charge >= 0.3 is 0 Å². The summed E-state index contributed by atoms with van der Waals surface area (Å²) in [5, 5.41) is 18.2. The number of carbonyl (C=O) groups is 2. The fourth-order valence-corrected chi connectivity index (χ4v) is 9.46. The zero-order valence-corrected chi connectivity index (χ0v) is 44.1. The monoisotopic (exact) mass is 1030 g/mol. The number of carbonyl (C=O) groups excluding carboxylic acids is 2. The van der Waals surface area contributed by atoms with Crippen molar-refractivity contribution in [2.24, 2.45) is 17.6 Å². The van der Waals surface area contributed by atoms with E-state index in [4.69, 9.17) is 28.9 Å². The summed E-state index contributed by atoms with van der Waals surface area (Å²) in [4.78, 5) is 27.0. The number of hydrogen-bond donors (Lipinski definition) is 3. The molecule has 0 spiro atoms. The Bertz CT molecular complexity index is 2930. The van der Waals surface area contributed by atoms with Gasteiger partial charge in [-0.2, -0.15) is 10.2 Å². The van der Waals surface area contributed by atoms with Gasteiger partial charge in [-0.05, 0) is 176 Å². The number of Topliss-reactive ketones (excluding diaryl/α,β-unsaturated/α-hetero) is 2. The zero-order chi connectivity index (χ0) is 50.1. The molecule has 12 heteroatoms. The van der Waals surface area contributed by atoms with Crippen LogP contribution < -0.4 is 16.4 Å². The Morgan fingerprint density at radius 2 is 0.945 bits per heavy atom. The van der Waals surface area contributed by atoms with Crippen LogP contribution in [0.25, 0.3) is 11.4 Å². The van der Waals surface area contributed by atoms with Crippen molar-refractivity contribution in [1.82, 2.24) is 30.2 Å². The maximum absolute atomic E-state index is 13.5. The number of nitrogens with one attached hydrogen (secondary N) is 2. The quantitative estimate of drug-likeness (QED) is 0.0650. The van der Waals surface area contributed by atoms with Crippen molar-refractivity contribution in [3.05, 3.63) is 235 Å². The highest BCUT2D eigenvalue weighted by atomic mass is 35.5. The Labute approximate surface area is 445 Å². The van der Waals surface area contributed by atoms with Gasteiger partial charge < -0.3 is 16.4 Å². The van der Waals surface area contributed by atoms with Gasteiger partial charge in [-0.3, -0.25) is 9.59 Å². The van der Waals surface area contributed by atoms with Crippen molar-refractivity contribution >= 4 is 47.2 Å². The van der Waals surface area contributed by atoms with Gasteiger partial charge in [-0.1, -0.05) is 127 Å². The minimum atomic E-state index is 0. The van der Waals surface area contributed by atoms with E-state index < -0.39 is 0 Å². The maximum atomic E-state index is 13.5. The molecule has 2 fully saturated rings. The van der Waals surface area contributed by atoms with Gasteiger partial charge in [0.15, 0.2) is 11.6 Å². The molecule has 2 heterocycles. The fourth-order valence-electron chi connectivity index (χ4n) is 9.21. The standard InChI is InChI=1S/C31H32ClN3O.C30H31ClN4O.ClH/c1-3-22-6-5-9-28(18-22)35-29(16-21(2)34-35)30(36)19-24-7-4-8-26(17-24)31(33-20-23-10-11-23)25-12-14-27(32)15-13-25;1-20-14-28(35(34-20)27-7-3-5-23(16-27)18-32)29(36)17-22-4-2-6-25(15-22)30(33-19-21-8-9-21)24-10-12-26(31)13-11-24;/h4-9,12-18,23,31,33H,3,10-11,19-20H2,1-2H3;2-7,10-16,21,30,33H,8-9,17-19,32H2,1H3;1H. The summed E-state index contributed by atoms with van der Waals surface area (Å²) in [5.74, 6) is 1.61. The number of nitrogens with zero attached hydrogens (tertiary/aromatic N) is 4. The van der Waals surface area contributed by atoms with Crippen molar-refractivity contribution in [2.75, 3.05) is 13.1 Å². The van der Waals surface area contributed by atoms with Crippen LogP contribution in [-0.2, 0) is 25.8 Å². The molecule has 9 nitrogen and oxygen atoms in total. The van der Waals surface area contributed by atoms with E-state index >= 15 is 0 Å². The Hall–Kier alpha value is -6.17. The third-order valence-electron chi connectivity index (χ3n) is 13.5. The molecule has 2 aliphatic rings. The maximum Gasteiger partial charge on any atom is 0.185 e. The van der Waals surface area contributed by atoms with Crippen LogP contribution in [0.3, 0.4) is 0 Å². The Balaban J connectivity index is 0.000000192. The van der Waals surface area contributed by atoms with Crippen molar-refractivity contribution < 1.29 is 9.59 Å². The summed E-state index contributed by atoms with van der Waals surface area (Å²) in [5.41, 5.74) is 19.3. The normalized spacial score (nSPS) is 13.9. The molecule has 8 aromatic rings. The first-order valence-electron chi connectivity index (χ1n) is 25.2. The molecule has 6 aromatic carbocycles. The minimum Gasteiger partial charge on any atom is -0.326 e. The molecule has 2 aromatic heterocycles. The van der Waals surface area contributed by atoms with Crippen LogP contribution in [0.5, 0.6) is 0 Å². The number of halogens is 3. The van der Waals surface area contributed by atoms with Crippen LogP contribution >= 0.6 is 35.6 Å². The highest BCUT2D eigenvalue weighted by Gasteiger charge is 2.26. The minimum absolute atomic E-state index is 0. The Kier molecular flexibility index (Phi) is 18.0. The zero-order valence-electron chi connectivity index (χ0n) is 41.7. The molecule has 2 saturated carbocycles. The van der Waals surface area contributed by atoms with Crippen LogP contribution in [0.1, 0.15) is 122 Å². The molecule has 4 N–H and O–H groups in total. The summed E-state index contributed by atoms with van der Waals surface area (Å²) < 4.78 is 3.52. The van der Waals surface area contributed by atoms with Crippen LogP contribution in [-0.4, -0.2) is 44.2 Å². The van der Waals surface area contributed by atoms with Crippen molar-refractivity contribution in [3.8, 4) is 11.4 Å². The van der Waals surface area contributed by atoms with E-state index in [1.807, 2.05) is 111 Å². The molecule has 0 amide bonds. The summed E-state index contributed by atoms with van der Waals surface area (Å²) in [6, 6.07) is 52.6. The lowest BCUT2D eigenvalue weighted by Gasteiger charge is -2.21. The molecular formula is C61H64Cl3N7O2. The number of nitrogens with two attached hydrogens (primary N) is 1. The van der Waals surface area contributed by atoms with Gasteiger partial charge in [-0.15, -0.1) is 12.4 Å². The predicted molar refractivity (Wildman–Crippen MR) is 298 cm³/mol. The van der Waals surface area contributed by atoms with Crippen molar-refractivity contribution in [1.29, 1.82) is 0 Å². The number of rotatable bonds is 20. The average Bonchev–Trinajstić information content (AvgIpc) is 4.33. The number of benzene rings is 6. The van der Waals surface area contributed by atoms with E-state index in [-0.39, 0.29) is 36.1 Å². The molecule has 2 unspecified atom stereocenters. The topological polar surface area (TPSA) is 120 Å². The van der Waals surface area contributed by atoms with E-state index in [2.05, 4.69) is 88.4 Å². The van der Waals surface area contributed by atoms with Crippen LogP contribution in [0.2, 0.25) is 10.0 Å². The lowest BCUT2D eigenvalue weighted by molar-refractivity contribution is 0.0977. The molecule has 0 bridgehead atoms. The van der Waals surface area contributed by atoms with Gasteiger partial charge in [0.1, 0.15) is 11.4 Å². The Morgan fingerprint density at radius 1 is 0.548 bits per heavy atom. The number of hydrogen-bond acceptors (Lipinski definition) is 7. The third-order valence-corrected chi connectivity index (χ3v) is 14.0. The molecule has 2 atom stereocenters. The third kappa shape index (κ3) is 14.1. The summed E-state index contributed by atoms with van der Waals surface area (Å²) >= 11 is 12.3. The SMILES string of the molecule is CCc1cccc(-n2nc(C)cc2C(=O)Cc2cccc(C(NCC3CC3)c3ccc(Cl)cc3)c2)c1.Cc1cc(C(=O)Cc2cccc(C(NCC3CC3)c3ccc(Cl)cc3)c2)n(-c2cccc(CN)c2)n1.Cl. The van der Waals surface area contributed by atoms with Gasteiger partial charge in [0, 0.05) is 29.4 Å². The first kappa shape index (κ1) is 53.1. The summed E-state index contributed by atoms with van der Waals surface area (Å²) in [6.07, 6.45) is 6.72. The van der Waals surface area contributed by atoms with E-state index in [0.717, 1.165) is 97.5 Å². The first-order valence-corrected chi connectivity index (χ1v) is 26.0. The van der Waals surface area contributed by atoms with Crippen LogP contribution in [0, 0.1) is 25.7 Å². The second-order valence-electron chi connectivity index (χ2n) is 19.4. The summed E-state index contributed by atoms with van der Waals surface area (Å²) in [6.45, 7) is 8.38. The van der Waals surface area contributed by atoms with E-state index in [0.29, 0.717) is 30.8 Å². The number of aromatic nitrogens is 4. The fraction of sp³-hybridized carbons (Fsp3) is 0.279. The number of aryl methyl sites for hydroxylation is 3. The highest BCUT2D eigenvalue weighted by Crippen LogP contribution is 2.33. The molecule has 10 rings (SSSR count). The van der Waals surface area contributed by atoms with E-state index in [1.165, 1.54) is 36.8 Å². The highest BCUT2D eigenvalue weighted by molar-refractivity contribution is 6.30. The molecule has 0 saturated heterocycles. The lowest BCUT2D eigenvalue weighted by atomic mass is 9.95. The van der Waals surface area contributed by atoms with Gasteiger partial charge in [0.05, 0.1) is 34.8 Å². The van der Waals surface area contributed by atoms with Gasteiger partial charge in [0.2, 0.25) is 0 Å². The predicted octanol–water partition coefficient (Wildman–Crippen LogP) is 13.1. The van der Waals surface area contributed by atoms with Crippen LogP contribution in [0.15, 0.2) is 158 Å². The van der Waals surface area contributed by atoms with Crippen molar-refractivity contribution in [3.63, 3.8) is 0 Å². The molecule has 2 aliphatic carbocycles. The number of ketones is 2. The van der Waals surface area contributed by atoms with Gasteiger partial charge in [-0.25, -0.2) is 9.36 Å². The average molecular weight is 1030 g/mol. The second kappa shape index (κ2) is 24.7. The van der Waals surface area contributed by atoms with Gasteiger partial charge in [0.25, 0.3) is 0 Å².